The third-order valence-electron chi connectivity index (χ3n) is 6.02. The highest BCUT2D eigenvalue weighted by Gasteiger charge is 2.26. The third kappa shape index (κ3) is 4.85. The van der Waals surface area contributed by atoms with Crippen molar-refractivity contribution >= 4 is 21.5 Å². The molecule has 0 heterocycles. The second-order valence-electron chi connectivity index (χ2n) is 7.70. The van der Waals surface area contributed by atoms with E-state index >= 15 is 0 Å². The number of hydrogen-bond acceptors (Lipinski definition) is 0. The number of rotatable bonds is 6. The fraction of sp³-hybridized carbons (Fsp3) is 0.565. The van der Waals surface area contributed by atoms with Crippen LogP contribution in [0.25, 0.3) is 5.57 Å². The van der Waals surface area contributed by atoms with E-state index in [4.69, 9.17) is 0 Å². The van der Waals surface area contributed by atoms with Crippen LogP contribution >= 0.6 is 15.9 Å². The van der Waals surface area contributed by atoms with Crippen LogP contribution in [0.2, 0.25) is 0 Å². The quantitative estimate of drug-likeness (QED) is 0.437. The summed E-state index contributed by atoms with van der Waals surface area (Å²) in [5.74, 6) is 2.72. The number of halogens is 1. The molecule has 0 spiro atoms. The maximum atomic E-state index is 3.52. The standard InChI is InChI=1S/C23H31Br/c1-2-3-4-5-18-6-8-19(9-7-18)20-10-12-21(13-11-20)22-14-16-23(24)17-15-22/h10,12-20H,2-9,11H2,1H3. The van der Waals surface area contributed by atoms with Crippen molar-refractivity contribution in [3.05, 3.63) is 52.5 Å². The summed E-state index contributed by atoms with van der Waals surface area (Å²) in [4.78, 5) is 0. The molecule has 2 aliphatic rings. The molecule has 0 amide bonds. The SMILES string of the molecule is CCCCCC1CCC(C2C=CC(c3ccc(Br)cc3)=CC2)CC1. The summed E-state index contributed by atoms with van der Waals surface area (Å²) in [7, 11) is 0. The smallest absolute Gasteiger partial charge is 0.0175 e. The lowest BCUT2D eigenvalue weighted by atomic mass is 9.72. The molecule has 24 heavy (non-hydrogen) atoms. The Morgan fingerprint density at radius 1 is 1.00 bits per heavy atom. The summed E-state index contributed by atoms with van der Waals surface area (Å²) in [5.41, 5.74) is 2.74. The van der Waals surface area contributed by atoms with Crippen LogP contribution in [-0.2, 0) is 0 Å². The maximum absolute atomic E-state index is 3.52. The van der Waals surface area contributed by atoms with E-state index in [1.807, 2.05) is 0 Å². The lowest BCUT2D eigenvalue weighted by Gasteiger charge is -2.33. The third-order valence-corrected chi connectivity index (χ3v) is 6.55. The first-order chi connectivity index (χ1) is 11.8. The highest BCUT2D eigenvalue weighted by atomic mass is 79.9. The largest absolute Gasteiger partial charge is 0.0802 e. The average molecular weight is 387 g/mol. The van der Waals surface area contributed by atoms with Gasteiger partial charge < -0.3 is 0 Å². The molecule has 0 aromatic heterocycles. The van der Waals surface area contributed by atoms with Crippen LogP contribution in [0.15, 0.2) is 47.0 Å². The zero-order chi connectivity index (χ0) is 16.8. The molecular weight excluding hydrogens is 356 g/mol. The van der Waals surface area contributed by atoms with Crippen LogP contribution in [0.1, 0.15) is 70.3 Å². The van der Waals surface area contributed by atoms with Crippen molar-refractivity contribution < 1.29 is 0 Å². The second kappa shape index (κ2) is 9.04. The van der Waals surface area contributed by atoms with Gasteiger partial charge in [0.25, 0.3) is 0 Å². The van der Waals surface area contributed by atoms with Crippen LogP contribution in [0, 0.1) is 17.8 Å². The van der Waals surface area contributed by atoms with Crippen molar-refractivity contribution in [3.8, 4) is 0 Å². The van der Waals surface area contributed by atoms with E-state index in [1.54, 1.807) is 0 Å². The lowest BCUT2D eigenvalue weighted by molar-refractivity contribution is 0.219. The van der Waals surface area contributed by atoms with Gasteiger partial charge in [-0.3, -0.25) is 0 Å². The van der Waals surface area contributed by atoms with Gasteiger partial charge in [0, 0.05) is 4.47 Å². The number of unbranched alkanes of at least 4 members (excludes halogenated alkanes) is 2. The zero-order valence-corrected chi connectivity index (χ0v) is 16.6. The first-order valence-corrected chi connectivity index (χ1v) is 10.7. The maximum Gasteiger partial charge on any atom is 0.0175 e. The van der Waals surface area contributed by atoms with Gasteiger partial charge in [0.1, 0.15) is 0 Å². The fourth-order valence-electron chi connectivity index (χ4n) is 4.43. The molecular formula is C23H31Br. The Balaban J connectivity index is 1.47. The van der Waals surface area contributed by atoms with E-state index < -0.39 is 0 Å². The first-order valence-electron chi connectivity index (χ1n) is 9.90. The number of benzene rings is 1. The highest BCUT2D eigenvalue weighted by Crippen LogP contribution is 2.39. The summed E-state index contributed by atoms with van der Waals surface area (Å²) < 4.78 is 1.15. The predicted octanol–water partition coefficient (Wildman–Crippen LogP) is 7.80. The summed E-state index contributed by atoms with van der Waals surface area (Å²) in [5, 5.41) is 0. The molecule has 0 saturated heterocycles. The molecule has 1 heteroatoms. The topological polar surface area (TPSA) is 0 Å². The van der Waals surface area contributed by atoms with Crippen molar-refractivity contribution in [2.45, 2.75) is 64.7 Å². The Hall–Kier alpha value is -0.820. The monoisotopic (exact) mass is 386 g/mol. The summed E-state index contributed by atoms with van der Waals surface area (Å²) in [6.07, 6.45) is 20.1. The molecule has 0 bridgehead atoms. The molecule has 1 aromatic carbocycles. The van der Waals surface area contributed by atoms with Crippen molar-refractivity contribution in [2.24, 2.45) is 17.8 Å². The lowest BCUT2D eigenvalue weighted by Crippen LogP contribution is -2.21. The second-order valence-corrected chi connectivity index (χ2v) is 8.62. The predicted molar refractivity (Wildman–Crippen MR) is 109 cm³/mol. The Labute approximate surface area is 156 Å². The zero-order valence-electron chi connectivity index (χ0n) is 15.0. The minimum absolute atomic E-state index is 0.779. The molecule has 0 aliphatic heterocycles. The van der Waals surface area contributed by atoms with Gasteiger partial charge in [-0.2, -0.15) is 0 Å². The van der Waals surface area contributed by atoms with E-state index in [0.717, 1.165) is 22.2 Å². The average Bonchev–Trinajstić information content (AvgIpc) is 2.63. The van der Waals surface area contributed by atoms with E-state index in [2.05, 4.69) is 65.3 Å². The van der Waals surface area contributed by atoms with Crippen LogP contribution < -0.4 is 0 Å². The van der Waals surface area contributed by atoms with Crippen molar-refractivity contribution in [1.29, 1.82) is 0 Å². The van der Waals surface area contributed by atoms with Crippen LogP contribution in [0.4, 0.5) is 0 Å². The summed E-state index contributed by atoms with van der Waals surface area (Å²) in [6.45, 7) is 2.31. The van der Waals surface area contributed by atoms with Crippen LogP contribution in [-0.4, -0.2) is 0 Å². The number of allylic oxidation sites excluding steroid dienone is 4. The fourth-order valence-corrected chi connectivity index (χ4v) is 4.70. The van der Waals surface area contributed by atoms with Gasteiger partial charge in [-0.1, -0.05) is 91.7 Å². The van der Waals surface area contributed by atoms with Crippen molar-refractivity contribution in [2.75, 3.05) is 0 Å². The van der Waals surface area contributed by atoms with Crippen molar-refractivity contribution in [1.82, 2.24) is 0 Å². The van der Waals surface area contributed by atoms with Gasteiger partial charge in [-0.25, -0.2) is 0 Å². The molecule has 1 atom stereocenters. The van der Waals surface area contributed by atoms with Crippen LogP contribution in [0.5, 0.6) is 0 Å². The first kappa shape index (κ1) is 18.0. The van der Waals surface area contributed by atoms with E-state index in [-0.39, 0.29) is 0 Å². The molecule has 0 radical (unpaired) electrons. The molecule has 2 aliphatic carbocycles. The molecule has 0 N–H and O–H groups in total. The van der Waals surface area contributed by atoms with Crippen molar-refractivity contribution in [3.63, 3.8) is 0 Å². The molecule has 1 fully saturated rings. The molecule has 3 rings (SSSR count). The Morgan fingerprint density at radius 3 is 2.38 bits per heavy atom. The molecule has 130 valence electrons. The Bertz CT molecular complexity index is 558. The molecule has 1 unspecified atom stereocenters. The van der Waals surface area contributed by atoms with Gasteiger partial charge in [0.2, 0.25) is 0 Å². The minimum atomic E-state index is 0.779. The summed E-state index contributed by atoms with van der Waals surface area (Å²) >= 11 is 3.52. The van der Waals surface area contributed by atoms with Crippen LogP contribution in [0.3, 0.4) is 0 Å². The normalized spacial score (nSPS) is 27.1. The molecule has 0 nitrogen and oxygen atoms in total. The van der Waals surface area contributed by atoms with Gasteiger partial charge in [0.05, 0.1) is 0 Å². The van der Waals surface area contributed by atoms with E-state index in [9.17, 15) is 0 Å². The molecule has 1 aromatic rings. The van der Waals surface area contributed by atoms with Gasteiger partial charge in [-0.15, -0.1) is 0 Å². The number of hydrogen-bond donors (Lipinski definition) is 0. The Kier molecular flexibility index (Phi) is 6.77. The minimum Gasteiger partial charge on any atom is -0.0802 e. The van der Waals surface area contributed by atoms with Gasteiger partial charge in [-0.05, 0) is 60.3 Å². The molecule has 1 saturated carbocycles. The van der Waals surface area contributed by atoms with E-state index in [0.29, 0.717) is 0 Å². The Morgan fingerprint density at radius 2 is 1.75 bits per heavy atom. The van der Waals surface area contributed by atoms with Gasteiger partial charge in [0.15, 0.2) is 0 Å². The van der Waals surface area contributed by atoms with Gasteiger partial charge >= 0.3 is 0 Å². The highest BCUT2D eigenvalue weighted by molar-refractivity contribution is 9.10. The van der Waals surface area contributed by atoms with E-state index in [1.165, 1.54) is 68.9 Å². The summed E-state index contributed by atoms with van der Waals surface area (Å²) in [6, 6.07) is 8.69.